The Balaban J connectivity index is 0.000000240. The van der Waals surface area contributed by atoms with Gasteiger partial charge in [0.1, 0.15) is 0 Å². The molecule has 2 fully saturated rings. The van der Waals surface area contributed by atoms with E-state index < -0.39 is 0 Å². The predicted octanol–water partition coefficient (Wildman–Crippen LogP) is 3.12. The van der Waals surface area contributed by atoms with Crippen LogP contribution in [0.2, 0.25) is 0 Å². The number of hydrogen-bond donors (Lipinski definition) is 4. The fourth-order valence-corrected chi connectivity index (χ4v) is 4.47. The van der Waals surface area contributed by atoms with Gasteiger partial charge in [-0.1, -0.05) is 44.9 Å². The maximum absolute atomic E-state index is 8.79. The van der Waals surface area contributed by atoms with E-state index in [9.17, 15) is 0 Å². The second-order valence-electron chi connectivity index (χ2n) is 7.83. The van der Waals surface area contributed by atoms with Crippen molar-refractivity contribution in [2.45, 2.75) is 77.0 Å². The van der Waals surface area contributed by atoms with Crippen molar-refractivity contribution < 1.29 is 20.4 Å². The third kappa shape index (κ3) is 9.36. The van der Waals surface area contributed by atoms with Crippen LogP contribution in [0.3, 0.4) is 0 Å². The van der Waals surface area contributed by atoms with E-state index in [1.54, 1.807) is 0 Å². The van der Waals surface area contributed by atoms with Gasteiger partial charge in [0.25, 0.3) is 0 Å². The summed E-state index contributed by atoms with van der Waals surface area (Å²) in [6, 6.07) is 0. The lowest BCUT2D eigenvalue weighted by Gasteiger charge is -2.28. The molecule has 2 aliphatic rings. The minimum absolute atomic E-state index is 0.330. The van der Waals surface area contributed by atoms with Gasteiger partial charge in [-0.2, -0.15) is 0 Å². The van der Waals surface area contributed by atoms with E-state index in [1.807, 2.05) is 0 Å². The predicted molar refractivity (Wildman–Crippen MR) is 97.7 cm³/mol. The largest absolute Gasteiger partial charge is 0.396 e. The van der Waals surface area contributed by atoms with Gasteiger partial charge in [0, 0.05) is 26.4 Å². The Morgan fingerprint density at radius 1 is 0.458 bits per heavy atom. The minimum Gasteiger partial charge on any atom is -0.396 e. The van der Waals surface area contributed by atoms with Crippen LogP contribution in [0.5, 0.6) is 0 Å². The maximum Gasteiger partial charge on any atom is 0.0433 e. The van der Waals surface area contributed by atoms with E-state index in [1.165, 1.54) is 51.4 Å². The first-order valence-corrected chi connectivity index (χ1v) is 10.2. The maximum atomic E-state index is 8.79. The highest BCUT2D eigenvalue weighted by atomic mass is 16.3. The molecule has 2 aliphatic carbocycles. The van der Waals surface area contributed by atoms with Crippen LogP contribution >= 0.6 is 0 Å². The van der Waals surface area contributed by atoms with E-state index in [0.717, 1.165) is 49.4 Å². The molecule has 0 aromatic heterocycles. The van der Waals surface area contributed by atoms with Crippen molar-refractivity contribution in [1.29, 1.82) is 0 Å². The van der Waals surface area contributed by atoms with Gasteiger partial charge in [0.15, 0.2) is 0 Å². The monoisotopic (exact) mass is 344 g/mol. The number of aliphatic hydroxyl groups excluding tert-OH is 4. The average Bonchev–Trinajstić information content (AvgIpc) is 2.59. The van der Waals surface area contributed by atoms with Crippen LogP contribution in [0.25, 0.3) is 0 Å². The van der Waals surface area contributed by atoms with Gasteiger partial charge in [-0.3, -0.25) is 0 Å². The third-order valence-corrected chi connectivity index (χ3v) is 6.01. The Hall–Kier alpha value is -0.160. The molecule has 4 nitrogen and oxygen atoms in total. The molecule has 0 aromatic carbocycles. The number of aliphatic hydroxyl groups is 4. The average molecular weight is 345 g/mol. The Morgan fingerprint density at radius 3 is 1.12 bits per heavy atom. The molecule has 0 amide bonds. The summed E-state index contributed by atoms with van der Waals surface area (Å²) in [5.74, 6) is 2.95. The zero-order valence-corrected chi connectivity index (χ0v) is 15.4. The van der Waals surface area contributed by atoms with E-state index in [0.29, 0.717) is 26.4 Å². The summed E-state index contributed by atoms with van der Waals surface area (Å²) in [7, 11) is 0. The van der Waals surface area contributed by atoms with Gasteiger partial charge < -0.3 is 20.4 Å². The van der Waals surface area contributed by atoms with Gasteiger partial charge >= 0.3 is 0 Å². The van der Waals surface area contributed by atoms with Crippen molar-refractivity contribution in [1.82, 2.24) is 0 Å². The van der Waals surface area contributed by atoms with E-state index in [-0.39, 0.29) is 0 Å². The molecular weight excluding hydrogens is 304 g/mol. The lowest BCUT2D eigenvalue weighted by Crippen LogP contribution is -2.17. The van der Waals surface area contributed by atoms with Crippen molar-refractivity contribution in [2.24, 2.45) is 23.7 Å². The first kappa shape index (κ1) is 21.9. The molecule has 2 rings (SSSR count). The van der Waals surface area contributed by atoms with E-state index in [2.05, 4.69) is 0 Å². The van der Waals surface area contributed by atoms with Gasteiger partial charge in [-0.05, 0) is 55.8 Å². The van der Waals surface area contributed by atoms with Crippen LogP contribution in [-0.2, 0) is 0 Å². The van der Waals surface area contributed by atoms with Gasteiger partial charge in [-0.15, -0.1) is 0 Å². The van der Waals surface area contributed by atoms with Gasteiger partial charge in [0.2, 0.25) is 0 Å². The van der Waals surface area contributed by atoms with Crippen LogP contribution in [0, 0.1) is 23.7 Å². The highest BCUT2D eigenvalue weighted by molar-refractivity contribution is 4.73. The molecule has 0 saturated heterocycles. The van der Waals surface area contributed by atoms with Crippen LogP contribution in [0.1, 0.15) is 77.0 Å². The summed E-state index contributed by atoms with van der Waals surface area (Å²) >= 11 is 0. The summed E-state index contributed by atoms with van der Waals surface area (Å²) in [5.41, 5.74) is 0. The standard InChI is InChI=1S/2C10H20O2/c11-7-5-9-1-2-10(4-3-9)6-8-12;11-6-4-9-2-1-3-10(8-9)5-7-12/h2*9-12H,1-8H2. The zero-order chi connectivity index (χ0) is 17.6. The quantitative estimate of drug-likeness (QED) is 0.545. The number of rotatable bonds is 8. The fraction of sp³-hybridized carbons (Fsp3) is 1.00. The second kappa shape index (κ2) is 14.1. The number of hydrogen-bond acceptors (Lipinski definition) is 4. The topological polar surface area (TPSA) is 80.9 Å². The Bertz CT molecular complexity index is 247. The molecule has 4 N–H and O–H groups in total. The normalized spacial score (nSPS) is 30.5. The van der Waals surface area contributed by atoms with E-state index in [4.69, 9.17) is 20.4 Å². The van der Waals surface area contributed by atoms with Crippen molar-refractivity contribution in [3.63, 3.8) is 0 Å². The summed E-state index contributed by atoms with van der Waals surface area (Å²) in [6.07, 6.45) is 14.0. The molecule has 0 aliphatic heterocycles. The molecule has 2 saturated carbocycles. The molecule has 2 atom stereocenters. The summed E-state index contributed by atoms with van der Waals surface area (Å²) in [5, 5.41) is 35.1. The summed E-state index contributed by atoms with van der Waals surface area (Å²) in [6.45, 7) is 1.34. The molecule has 144 valence electrons. The van der Waals surface area contributed by atoms with Gasteiger partial charge in [0.05, 0.1) is 0 Å². The molecule has 0 spiro atoms. The first-order valence-electron chi connectivity index (χ1n) is 10.2. The highest BCUT2D eigenvalue weighted by Crippen LogP contribution is 2.33. The van der Waals surface area contributed by atoms with Crippen LogP contribution in [0.15, 0.2) is 0 Å². The lowest BCUT2D eigenvalue weighted by atomic mass is 9.79. The van der Waals surface area contributed by atoms with Crippen LogP contribution < -0.4 is 0 Å². The summed E-state index contributed by atoms with van der Waals surface area (Å²) in [4.78, 5) is 0. The van der Waals surface area contributed by atoms with Gasteiger partial charge in [-0.25, -0.2) is 0 Å². The molecular formula is C20H40O4. The fourth-order valence-electron chi connectivity index (χ4n) is 4.47. The Kier molecular flexibility index (Phi) is 12.8. The molecule has 0 heterocycles. The molecule has 0 radical (unpaired) electrons. The highest BCUT2D eigenvalue weighted by Gasteiger charge is 2.21. The lowest BCUT2D eigenvalue weighted by molar-refractivity contribution is 0.173. The zero-order valence-electron chi connectivity index (χ0n) is 15.4. The summed E-state index contributed by atoms with van der Waals surface area (Å²) < 4.78 is 0. The van der Waals surface area contributed by atoms with Crippen molar-refractivity contribution >= 4 is 0 Å². The van der Waals surface area contributed by atoms with E-state index >= 15 is 0 Å². The molecule has 0 aromatic rings. The molecule has 24 heavy (non-hydrogen) atoms. The molecule has 0 bridgehead atoms. The minimum atomic E-state index is 0.330. The molecule has 2 unspecified atom stereocenters. The third-order valence-electron chi connectivity index (χ3n) is 6.01. The van der Waals surface area contributed by atoms with Crippen molar-refractivity contribution in [3.8, 4) is 0 Å². The molecule has 4 heteroatoms. The van der Waals surface area contributed by atoms with Crippen LogP contribution in [-0.4, -0.2) is 46.9 Å². The Labute approximate surface area is 148 Å². The van der Waals surface area contributed by atoms with Crippen molar-refractivity contribution in [3.05, 3.63) is 0 Å². The van der Waals surface area contributed by atoms with Crippen molar-refractivity contribution in [2.75, 3.05) is 26.4 Å². The Morgan fingerprint density at radius 2 is 0.792 bits per heavy atom. The second-order valence-corrected chi connectivity index (χ2v) is 7.83. The SMILES string of the molecule is OCCC1CCC(CCO)CC1.OCCC1CCCC(CCO)C1. The smallest absolute Gasteiger partial charge is 0.0433 e. The first-order chi connectivity index (χ1) is 11.7. The van der Waals surface area contributed by atoms with Crippen LogP contribution in [0.4, 0.5) is 0 Å².